The van der Waals surface area contributed by atoms with Crippen molar-refractivity contribution in [3.63, 3.8) is 0 Å². The van der Waals surface area contributed by atoms with Gasteiger partial charge < -0.3 is 0 Å². The second-order valence-corrected chi connectivity index (χ2v) is 14.2. The van der Waals surface area contributed by atoms with E-state index < -0.39 is 0 Å². The summed E-state index contributed by atoms with van der Waals surface area (Å²) < 4.78 is 0. The minimum atomic E-state index is 0.410. The zero-order valence-corrected chi connectivity index (χ0v) is 20.7. The lowest BCUT2D eigenvalue weighted by atomic mass is 9.33. The summed E-state index contributed by atoms with van der Waals surface area (Å²) in [7, 11) is 0. The number of hydrogen-bond acceptors (Lipinski definition) is 0. The van der Waals surface area contributed by atoms with Gasteiger partial charge in [-0.1, -0.05) is 73.0 Å². The van der Waals surface area contributed by atoms with Crippen molar-refractivity contribution in [3.8, 4) is 0 Å². The van der Waals surface area contributed by atoms with Crippen LogP contribution in [-0.2, 0) is 0 Å². The Hall–Kier alpha value is -0.260. The van der Waals surface area contributed by atoms with Crippen molar-refractivity contribution in [1.82, 2.24) is 0 Å². The van der Waals surface area contributed by atoms with Gasteiger partial charge in [-0.15, -0.1) is 0 Å². The molecule has 0 radical (unpaired) electrons. The van der Waals surface area contributed by atoms with Crippen LogP contribution in [0.3, 0.4) is 0 Å². The topological polar surface area (TPSA) is 0 Å². The van der Waals surface area contributed by atoms with E-state index in [1.165, 1.54) is 70.6 Å². The highest BCUT2D eigenvalue weighted by Crippen LogP contribution is 2.75. The van der Waals surface area contributed by atoms with Gasteiger partial charge in [-0.05, 0) is 109 Å². The first-order valence-electron chi connectivity index (χ1n) is 13.2. The lowest BCUT2D eigenvalue weighted by molar-refractivity contribution is -0.201. The third-order valence-electron chi connectivity index (χ3n) is 12.4. The van der Waals surface area contributed by atoms with Crippen LogP contribution in [0.15, 0.2) is 11.6 Å². The third-order valence-corrected chi connectivity index (χ3v) is 12.4. The van der Waals surface area contributed by atoms with Crippen molar-refractivity contribution in [2.45, 2.75) is 119 Å². The molecule has 0 spiro atoms. The van der Waals surface area contributed by atoms with Gasteiger partial charge in [0.25, 0.3) is 0 Å². The van der Waals surface area contributed by atoms with Crippen LogP contribution in [0, 0.1) is 50.7 Å². The molecule has 0 N–H and O–H groups in total. The Morgan fingerprint density at radius 1 is 0.724 bits per heavy atom. The summed E-state index contributed by atoms with van der Waals surface area (Å²) in [6.45, 7) is 18.5. The third kappa shape index (κ3) is 2.62. The van der Waals surface area contributed by atoms with Gasteiger partial charge in [0.15, 0.2) is 0 Å². The van der Waals surface area contributed by atoms with Crippen LogP contribution < -0.4 is 0 Å². The van der Waals surface area contributed by atoms with E-state index in [1.54, 1.807) is 0 Å². The van der Waals surface area contributed by atoms with Gasteiger partial charge in [-0.3, -0.25) is 0 Å². The summed E-state index contributed by atoms with van der Waals surface area (Å²) in [6, 6.07) is 0. The summed E-state index contributed by atoms with van der Waals surface area (Å²) in [5.41, 5.74) is 4.49. The predicted molar refractivity (Wildman–Crippen MR) is 125 cm³/mol. The fourth-order valence-corrected chi connectivity index (χ4v) is 10.3. The quantitative estimate of drug-likeness (QED) is 0.359. The summed E-state index contributed by atoms with van der Waals surface area (Å²) >= 11 is 0. The van der Waals surface area contributed by atoms with E-state index in [0.717, 1.165) is 23.7 Å². The zero-order chi connectivity index (χ0) is 20.9. The van der Waals surface area contributed by atoms with Crippen molar-refractivity contribution < 1.29 is 0 Å². The summed E-state index contributed by atoms with van der Waals surface area (Å²) in [5, 5.41) is 0. The SMILES string of the molecule is C[C@@H]1CCC[C@@]2(C)[C@@H]1CC[C@]1(C)[C@@H]2CC[C@@H]2C3=CC(C)(C)CC[C@]3(C)CC[C@]21C. The molecule has 5 rings (SSSR count). The van der Waals surface area contributed by atoms with Gasteiger partial charge in [0.1, 0.15) is 0 Å². The summed E-state index contributed by atoms with van der Waals surface area (Å²) in [5.74, 6) is 3.76. The molecule has 0 unspecified atom stereocenters. The van der Waals surface area contributed by atoms with Gasteiger partial charge in [0.2, 0.25) is 0 Å². The second-order valence-electron chi connectivity index (χ2n) is 14.2. The van der Waals surface area contributed by atoms with E-state index in [0.29, 0.717) is 27.1 Å². The maximum Gasteiger partial charge on any atom is -0.0113 e. The molecular formula is C29H48. The first kappa shape index (κ1) is 20.6. The molecule has 8 atom stereocenters. The Morgan fingerprint density at radius 3 is 2.21 bits per heavy atom. The highest BCUT2D eigenvalue weighted by atomic mass is 14.7. The Balaban J connectivity index is 1.56. The van der Waals surface area contributed by atoms with Gasteiger partial charge in [-0.25, -0.2) is 0 Å². The molecule has 0 heterocycles. The molecule has 5 aliphatic carbocycles. The van der Waals surface area contributed by atoms with Crippen LogP contribution >= 0.6 is 0 Å². The minimum absolute atomic E-state index is 0.410. The van der Waals surface area contributed by atoms with E-state index in [2.05, 4.69) is 54.5 Å². The Morgan fingerprint density at radius 2 is 1.45 bits per heavy atom. The molecule has 0 nitrogen and oxygen atoms in total. The molecule has 0 saturated heterocycles. The first-order valence-corrected chi connectivity index (χ1v) is 13.2. The fourth-order valence-electron chi connectivity index (χ4n) is 10.3. The molecule has 29 heavy (non-hydrogen) atoms. The molecule has 5 aliphatic rings. The molecular weight excluding hydrogens is 348 g/mol. The minimum Gasteiger partial charge on any atom is -0.0788 e. The molecule has 4 saturated carbocycles. The van der Waals surface area contributed by atoms with Crippen LogP contribution in [0.1, 0.15) is 119 Å². The maximum absolute atomic E-state index is 2.79. The molecule has 0 aliphatic heterocycles. The molecule has 164 valence electrons. The molecule has 0 amide bonds. The Bertz CT molecular complexity index is 714. The fraction of sp³-hybridized carbons (Fsp3) is 0.931. The summed E-state index contributed by atoms with van der Waals surface area (Å²) in [6.07, 6.45) is 19.0. The normalized spacial score (nSPS) is 56.3. The molecule has 0 aromatic rings. The number of allylic oxidation sites excluding steroid dienone is 2. The van der Waals surface area contributed by atoms with E-state index in [4.69, 9.17) is 0 Å². The van der Waals surface area contributed by atoms with Crippen molar-refractivity contribution >= 4 is 0 Å². The number of hydrogen-bond donors (Lipinski definition) is 0. The van der Waals surface area contributed by atoms with E-state index in [9.17, 15) is 0 Å². The van der Waals surface area contributed by atoms with Crippen molar-refractivity contribution in [2.24, 2.45) is 50.7 Å². The zero-order valence-electron chi connectivity index (χ0n) is 20.7. The van der Waals surface area contributed by atoms with Gasteiger partial charge in [-0.2, -0.15) is 0 Å². The van der Waals surface area contributed by atoms with Gasteiger partial charge in [0, 0.05) is 0 Å². The number of fused-ring (bicyclic) bond motifs is 7. The highest BCUT2D eigenvalue weighted by molar-refractivity contribution is 5.31. The van der Waals surface area contributed by atoms with Crippen molar-refractivity contribution in [3.05, 3.63) is 11.6 Å². The summed E-state index contributed by atoms with van der Waals surface area (Å²) in [4.78, 5) is 0. The monoisotopic (exact) mass is 396 g/mol. The molecule has 4 fully saturated rings. The lowest BCUT2D eigenvalue weighted by Crippen LogP contribution is -2.63. The van der Waals surface area contributed by atoms with E-state index >= 15 is 0 Å². The van der Waals surface area contributed by atoms with Crippen LogP contribution in [0.2, 0.25) is 0 Å². The average Bonchev–Trinajstić information content (AvgIpc) is 2.63. The molecule has 0 aromatic heterocycles. The van der Waals surface area contributed by atoms with Crippen LogP contribution in [-0.4, -0.2) is 0 Å². The van der Waals surface area contributed by atoms with Gasteiger partial charge >= 0.3 is 0 Å². The second kappa shape index (κ2) is 6.16. The largest absolute Gasteiger partial charge is 0.0788 e. The van der Waals surface area contributed by atoms with Crippen molar-refractivity contribution in [2.75, 3.05) is 0 Å². The Kier molecular flexibility index (Phi) is 4.38. The predicted octanol–water partition coefficient (Wildman–Crippen LogP) is 8.81. The van der Waals surface area contributed by atoms with E-state index in [1.807, 2.05) is 5.57 Å². The maximum atomic E-state index is 2.79. The van der Waals surface area contributed by atoms with Gasteiger partial charge in [0.05, 0.1) is 0 Å². The lowest BCUT2D eigenvalue weighted by Gasteiger charge is -2.71. The number of rotatable bonds is 0. The Labute approximate surface area is 181 Å². The smallest absolute Gasteiger partial charge is 0.0113 e. The van der Waals surface area contributed by atoms with E-state index in [-0.39, 0.29) is 0 Å². The van der Waals surface area contributed by atoms with Crippen LogP contribution in [0.4, 0.5) is 0 Å². The molecule has 0 heteroatoms. The molecule has 0 aromatic carbocycles. The van der Waals surface area contributed by atoms with Crippen LogP contribution in [0.5, 0.6) is 0 Å². The van der Waals surface area contributed by atoms with Crippen molar-refractivity contribution in [1.29, 1.82) is 0 Å². The van der Waals surface area contributed by atoms with Crippen LogP contribution in [0.25, 0.3) is 0 Å². The highest BCUT2D eigenvalue weighted by Gasteiger charge is 2.66. The average molecular weight is 397 g/mol. The standard InChI is InChI=1S/C29H48/c1-20-9-8-13-27(5)21(20)12-14-29(7)24(27)11-10-22-23-19-25(2,3)15-16-26(23,4)17-18-28(22,29)6/h19-22,24H,8-18H2,1-7H3/t20-,21-,22-,24-,26-,27+,28-,29-/m1/s1. The first-order chi connectivity index (χ1) is 13.5. The molecule has 0 bridgehead atoms.